The van der Waals surface area contributed by atoms with Gasteiger partial charge >= 0.3 is 0 Å². The molecule has 0 saturated heterocycles. The van der Waals surface area contributed by atoms with Crippen molar-refractivity contribution in [3.8, 4) is 0 Å². The summed E-state index contributed by atoms with van der Waals surface area (Å²) in [5, 5.41) is 5.77. The highest BCUT2D eigenvalue weighted by atomic mass is 35.5. The minimum atomic E-state index is -0.464. The lowest BCUT2D eigenvalue weighted by Gasteiger charge is -2.37. The minimum absolute atomic E-state index is 0. The molecule has 4 N–H and O–H groups in total. The Labute approximate surface area is 165 Å². The van der Waals surface area contributed by atoms with Crippen LogP contribution < -0.4 is 16.4 Å². The normalized spacial score (nSPS) is 21.8. The Morgan fingerprint density at radius 1 is 1.22 bits per heavy atom. The van der Waals surface area contributed by atoms with Gasteiger partial charge in [-0.25, -0.2) is 0 Å². The molecule has 0 radical (unpaired) electrons. The second-order valence-electron chi connectivity index (χ2n) is 7.25. The fourth-order valence-electron chi connectivity index (χ4n) is 3.49. The third-order valence-corrected chi connectivity index (χ3v) is 5.06. The first-order valence-corrected chi connectivity index (χ1v) is 8.92. The van der Waals surface area contributed by atoms with Gasteiger partial charge in [-0.1, -0.05) is 12.8 Å². The first-order valence-electron chi connectivity index (χ1n) is 8.92. The number of nitrogens with one attached hydrogen (secondary N) is 2. The predicted molar refractivity (Wildman–Crippen MR) is 108 cm³/mol. The van der Waals surface area contributed by atoms with Crippen molar-refractivity contribution >= 4 is 35.6 Å². The summed E-state index contributed by atoms with van der Waals surface area (Å²) in [4.78, 5) is 24.7. The van der Waals surface area contributed by atoms with E-state index in [2.05, 4.69) is 10.6 Å². The standard InChI is InChI=1S/C20H25N3O3.ClH/c1-13-12-14(22-18(24)15-6-3-4-10-20(15,2)21)8-9-16(13)23-19(25)17-7-5-11-26-17;/h5,7-9,11-12,15H,3-4,6,10,21H2,1-2H3,(H,22,24)(H,23,25);1H. The molecule has 7 heteroatoms. The second-order valence-corrected chi connectivity index (χ2v) is 7.25. The number of carbonyl (C=O) groups excluding carboxylic acids is 2. The molecule has 1 aliphatic rings. The van der Waals surface area contributed by atoms with E-state index in [0.29, 0.717) is 11.4 Å². The van der Waals surface area contributed by atoms with Crippen LogP contribution in [0, 0.1) is 12.8 Å². The molecule has 3 rings (SSSR count). The van der Waals surface area contributed by atoms with Crippen LogP contribution in [0.5, 0.6) is 0 Å². The number of aryl methyl sites for hydroxylation is 1. The molecule has 6 nitrogen and oxygen atoms in total. The fraction of sp³-hybridized carbons (Fsp3) is 0.400. The lowest BCUT2D eigenvalue weighted by molar-refractivity contribution is -0.122. The van der Waals surface area contributed by atoms with Crippen LogP contribution in [0.4, 0.5) is 11.4 Å². The fourth-order valence-corrected chi connectivity index (χ4v) is 3.49. The van der Waals surface area contributed by atoms with E-state index in [-0.39, 0.29) is 35.9 Å². The SMILES string of the molecule is Cc1cc(NC(=O)C2CCCCC2(C)N)ccc1NC(=O)c1ccco1.Cl. The maximum absolute atomic E-state index is 12.6. The van der Waals surface area contributed by atoms with Crippen LogP contribution in [0.2, 0.25) is 0 Å². The predicted octanol–water partition coefficient (Wildman–Crippen LogP) is 4.11. The Kier molecular flexibility index (Phi) is 6.68. The molecule has 2 unspecified atom stereocenters. The molecule has 2 aromatic rings. The number of benzene rings is 1. The number of amides is 2. The zero-order valence-corrected chi connectivity index (χ0v) is 16.4. The molecule has 1 aromatic heterocycles. The molecule has 146 valence electrons. The van der Waals surface area contributed by atoms with Crippen molar-refractivity contribution in [2.24, 2.45) is 11.7 Å². The Hall–Kier alpha value is -2.31. The number of hydrogen-bond acceptors (Lipinski definition) is 4. The van der Waals surface area contributed by atoms with Crippen molar-refractivity contribution in [2.75, 3.05) is 10.6 Å². The van der Waals surface area contributed by atoms with Gasteiger partial charge in [-0.15, -0.1) is 12.4 Å². The van der Waals surface area contributed by atoms with E-state index in [1.807, 2.05) is 19.9 Å². The molecule has 1 fully saturated rings. The van der Waals surface area contributed by atoms with Gasteiger partial charge in [0.25, 0.3) is 5.91 Å². The molecule has 0 aliphatic heterocycles. The lowest BCUT2D eigenvalue weighted by atomic mass is 9.74. The van der Waals surface area contributed by atoms with E-state index in [9.17, 15) is 9.59 Å². The minimum Gasteiger partial charge on any atom is -0.459 e. The number of rotatable bonds is 4. The number of anilines is 2. The summed E-state index contributed by atoms with van der Waals surface area (Å²) >= 11 is 0. The molecule has 1 saturated carbocycles. The van der Waals surface area contributed by atoms with Gasteiger partial charge in [-0.3, -0.25) is 9.59 Å². The van der Waals surface area contributed by atoms with E-state index in [1.54, 1.807) is 24.3 Å². The first-order chi connectivity index (χ1) is 12.4. The molecular weight excluding hydrogens is 366 g/mol. The summed E-state index contributed by atoms with van der Waals surface area (Å²) in [6, 6.07) is 8.66. The van der Waals surface area contributed by atoms with Crippen molar-refractivity contribution in [2.45, 2.75) is 45.1 Å². The molecule has 1 aromatic carbocycles. The third-order valence-electron chi connectivity index (χ3n) is 5.06. The second kappa shape index (κ2) is 8.59. The summed E-state index contributed by atoms with van der Waals surface area (Å²) < 4.78 is 5.09. The Morgan fingerprint density at radius 3 is 2.63 bits per heavy atom. The van der Waals surface area contributed by atoms with E-state index < -0.39 is 5.54 Å². The van der Waals surface area contributed by atoms with E-state index in [0.717, 1.165) is 31.2 Å². The van der Waals surface area contributed by atoms with Crippen LogP contribution in [0.15, 0.2) is 41.0 Å². The van der Waals surface area contributed by atoms with Gasteiger partial charge in [0.2, 0.25) is 5.91 Å². The Morgan fingerprint density at radius 2 is 2.00 bits per heavy atom. The maximum Gasteiger partial charge on any atom is 0.291 e. The highest BCUT2D eigenvalue weighted by Gasteiger charge is 2.37. The largest absolute Gasteiger partial charge is 0.459 e. The summed E-state index contributed by atoms with van der Waals surface area (Å²) in [6.07, 6.45) is 5.23. The van der Waals surface area contributed by atoms with Crippen LogP contribution in [-0.4, -0.2) is 17.4 Å². The quantitative estimate of drug-likeness (QED) is 0.730. The highest BCUT2D eigenvalue weighted by Crippen LogP contribution is 2.32. The maximum atomic E-state index is 12.6. The van der Waals surface area contributed by atoms with E-state index in [4.69, 9.17) is 10.2 Å². The molecule has 1 heterocycles. The van der Waals surface area contributed by atoms with Crippen LogP contribution in [-0.2, 0) is 4.79 Å². The topological polar surface area (TPSA) is 97.4 Å². The average molecular weight is 392 g/mol. The number of nitrogens with two attached hydrogens (primary N) is 1. The number of furan rings is 1. The summed E-state index contributed by atoms with van der Waals surface area (Å²) in [5.41, 5.74) is 8.07. The summed E-state index contributed by atoms with van der Waals surface area (Å²) in [6.45, 7) is 3.83. The van der Waals surface area contributed by atoms with Crippen molar-refractivity contribution in [1.29, 1.82) is 0 Å². The van der Waals surface area contributed by atoms with Gasteiger partial charge < -0.3 is 20.8 Å². The van der Waals surface area contributed by atoms with Gasteiger partial charge in [-0.05, 0) is 62.6 Å². The first kappa shape index (κ1) is 21.0. The van der Waals surface area contributed by atoms with Gasteiger partial charge in [0.05, 0.1) is 12.2 Å². The highest BCUT2D eigenvalue weighted by molar-refractivity contribution is 6.03. The van der Waals surface area contributed by atoms with Gasteiger partial charge in [0, 0.05) is 16.9 Å². The molecule has 27 heavy (non-hydrogen) atoms. The molecule has 2 amide bonds. The Bertz CT molecular complexity index is 803. The molecule has 2 atom stereocenters. The zero-order valence-electron chi connectivity index (χ0n) is 15.6. The van der Waals surface area contributed by atoms with Crippen molar-refractivity contribution in [3.05, 3.63) is 47.9 Å². The van der Waals surface area contributed by atoms with Crippen LogP contribution in [0.3, 0.4) is 0 Å². The van der Waals surface area contributed by atoms with E-state index in [1.165, 1.54) is 6.26 Å². The van der Waals surface area contributed by atoms with Gasteiger partial charge in [0.15, 0.2) is 5.76 Å². The monoisotopic (exact) mass is 391 g/mol. The molecule has 0 bridgehead atoms. The molecular formula is C20H26ClN3O3. The third kappa shape index (κ3) is 4.90. The number of carbonyl (C=O) groups is 2. The summed E-state index contributed by atoms with van der Waals surface area (Å²) in [5.74, 6) is -0.284. The molecule has 1 aliphatic carbocycles. The van der Waals surface area contributed by atoms with E-state index >= 15 is 0 Å². The van der Waals surface area contributed by atoms with Gasteiger partial charge in [0.1, 0.15) is 0 Å². The van der Waals surface area contributed by atoms with Crippen LogP contribution in [0.1, 0.15) is 48.7 Å². The Balaban J connectivity index is 0.00000261. The van der Waals surface area contributed by atoms with Crippen molar-refractivity contribution in [1.82, 2.24) is 0 Å². The van der Waals surface area contributed by atoms with Gasteiger partial charge in [-0.2, -0.15) is 0 Å². The average Bonchev–Trinajstić information content (AvgIpc) is 3.11. The van der Waals surface area contributed by atoms with Crippen molar-refractivity contribution < 1.29 is 14.0 Å². The lowest BCUT2D eigenvalue weighted by Crippen LogP contribution is -2.51. The van der Waals surface area contributed by atoms with Crippen LogP contribution >= 0.6 is 12.4 Å². The summed E-state index contributed by atoms with van der Waals surface area (Å²) in [7, 11) is 0. The number of halogens is 1. The van der Waals surface area contributed by atoms with Crippen LogP contribution in [0.25, 0.3) is 0 Å². The smallest absolute Gasteiger partial charge is 0.291 e. The molecule has 0 spiro atoms. The number of hydrogen-bond donors (Lipinski definition) is 3. The zero-order chi connectivity index (χ0) is 18.7. The van der Waals surface area contributed by atoms with Crippen molar-refractivity contribution in [3.63, 3.8) is 0 Å².